The van der Waals surface area contributed by atoms with E-state index >= 15 is 0 Å². The molecule has 0 saturated heterocycles. The van der Waals surface area contributed by atoms with Crippen molar-refractivity contribution in [3.8, 4) is 6.07 Å². The first-order valence-corrected chi connectivity index (χ1v) is 5.80. The van der Waals surface area contributed by atoms with Gasteiger partial charge in [-0.05, 0) is 42.9 Å². The Bertz CT molecular complexity index is 419. The highest BCUT2D eigenvalue weighted by Crippen LogP contribution is 2.42. The minimum Gasteiger partial charge on any atom is -0.197 e. The van der Waals surface area contributed by atoms with Crippen molar-refractivity contribution in [3.05, 3.63) is 34.3 Å². The quantitative estimate of drug-likeness (QED) is 0.704. The summed E-state index contributed by atoms with van der Waals surface area (Å²) in [6.07, 6.45) is 3.94. The van der Waals surface area contributed by atoms with Crippen molar-refractivity contribution in [1.82, 2.24) is 0 Å². The summed E-state index contributed by atoms with van der Waals surface area (Å²) in [6.45, 7) is 2.07. The maximum Gasteiger partial charge on any atom is 0.0836 e. The van der Waals surface area contributed by atoms with Crippen molar-refractivity contribution in [3.63, 3.8) is 0 Å². The van der Waals surface area contributed by atoms with Gasteiger partial charge in [0, 0.05) is 5.02 Å². The van der Waals surface area contributed by atoms with Gasteiger partial charge in [0.1, 0.15) is 0 Å². The van der Waals surface area contributed by atoms with Crippen molar-refractivity contribution in [1.29, 1.82) is 5.26 Å². The molecule has 1 nitrogen and oxygen atoms in total. The number of aryl methyl sites for hydroxylation is 1. The van der Waals surface area contributed by atoms with E-state index in [-0.39, 0.29) is 5.41 Å². The average Bonchev–Trinajstić information content (AvgIpc) is 2.28. The summed E-state index contributed by atoms with van der Waals surface area (Å²) < 4.78 is 0. The number of benzene rings is 1. The third-order valence-corrected chi connectivity index (χ3v) is 3.76. The summed E-state index contributed by atoms with van der Waals surface area (Å²) >= 11 is 6.23. The van der Waals surface area contributed by atoms with Crippen LogP contribution in [0.15, 0.2) is 18.2 Å². The first-order valence-electron chi connectivity index (χ1n) is 5.42. The van der Waals surface area contributed by atoms with Crippen LogP contribution in [0, 0.1) is 11.3 Å². The number of halogens is 1. The molecule has 2 heteroatoms. The molecule has 1 unspecified atom stereocenters. The van der Waals surface area contributed by atoms with Gasteiger partial charge in [0.25, 0.3) is 0 Å². The molecule has 15 heavy (non-hydrogen) atoms. The van der Waals surface area contributed by atoms with Gasteiger partial charge >= 0.3 is 0 Å². The topological polar surface area (TPSA) is 23.8 Å². The van der Waals surface area contributed by atoms with E-state index in [1.807, 2.05) is 12.1 Å². The van der Waals surface area contributed by atoms with Crippen molar-refractivity contribution in [2.45, 2.75) is 38.0 Å². The summed E-state index contributed by atoms with van der Waals surface area (Å²) in [6, 6.07) is 8.45. The van der Waals surface area contributed by atoms with Crippen molar-refractivity contribution >= 4 is 11.6 Å². The van der Waals surface area contributed by atoms with Crippen LogP contribution < -0.4 is 0 Å². The zero-order chi connectivity index (χ0) is 10.9. The smallest absolute Gasteiger partial charge is 0.0836 e. The second-order valence-electron chi connectivity index (χ2n) is 4.17. The van der Waals surface area contributed by atoms with Crippen LogP contribution in [0.25, 0.3) is 0 Å². The average molecular weight is 220 g/mol. The van der Waals surface area contributed by atoms with E-state index in [2.05, 4.69) is 19.1 Å². The van der Waals surface area contributed by atoms with Gasteiger partial charge in [-0.1, -0.05) is 30.7 Å². The Morgan fingerprint density at radius 1 is 1.53 bits per heavy atom. The highest BCUT2D eigenvalue weighted by atomic mass is 35.5. The molecule has 1 aliphatic rings. The number of nitrogens with zero attached hydrogens (tertiary/aromatic N) is 1. The monoisotopic (exact) mass is 219 g/mol. The van der Waals surface area contributed by atoms with E-state index < -0.39 is 0 Å². The Kier molecular flexibility index (Phi) is 2.71. The normalized spacial score (nSPS) is 24.3. The summed E-state index contributed by atoms with van der Waals surface area (Å²) in [7, 11) is 0. The number of hydrogen-bond donors (Lipinski definition) is 0. The SMILES string of the molecule is CCC1(C#N)CCCc2cccc(Cl)c21. The van der Waals surface area contributed by atoms with E-state index in [1.165, 1.54) is 5.56 Å². The molecule has 0 bridgehead atoms. The van der Waals surface area contributed by atoms with E-state index in [0.29, 0.717) is 0 Å². The molecule has 0 N–H and O–H groups in total. The van der Waals surface area contributed by atoms with Crippen molar-refractivity contribution in [2.24, 2.45) is 0 Å². The molecule has 1 aliphatic carbocycles. The molecule has 0 radical (unpaired) electrons. The van der Waals surface area contributed by atoms with Crippen LogP contribution in [0.3, 0.4) is 0 Å². The fourth-order valence-electron chi connectivity index (χ4n) is 2.56. The number of hydrogen-bond acceptors (Lipinski definition) is 1. The minimum atomic E-state index is -0.341. The molecular weight excluding hydrogens is 206 g/mol. The minimum absolute atomic E-state index is 0.341. The fraction of sp³-hybridized carbons (Fsp3) is 0.462. The van der Waals surface area contributed by atoms with Gasteiger partial charge in [-0.2, -0.15) is 5.26 Å². The second kappa shape index (κ2) is 3.87. The molecule has 2 rings (SSSR count). The predicted molar refractivity (Wildman–Crippen MR) is 62.0 cm³/mol. The molecule has 1 atom stereocenters. The lowest BCUT2D eigenvalue weighted by atomic mass is 9.69. The number of fused-ring (bicyclic) bond motifs is 1. The van der Waals surface area contributed by atoms with Crippen molar-refractivity contribution in [2.75, 3.05) is 0 Å². The number of nitriles is 1. The first kappa shape index (κ1) is 10.5. The zero-order valence-corrected chi connectivity index (χ0v) is 9.64. The predicted octanol–water partition coefficient (Wildman–Crippen LogP) is 3.85. The van der Waals surface area contributed by atoms with E-state index in [4.69, 9.17) is 11.6 Å². The molecule has 1 aromatic carbocycles. The lowest BCUT2D eigenvalue weighted by Crippen LogP contribution is -2.29. The van der Waals surface area contributed by atoms with Gasteiger partial charge < -0.3 is 0 Å². The van der Waals surface area contributed by atoms with Crippen molar-refractivity contribution < 1.29 is 0 Å². The van der Waals surface area contributed by atoms with Crippen LogP contribution in [-0.4, -0.2) is 0 Å². The maximum atomic E-state index is 9.40. The molecule has 78 valence electrons. The molecule has 0 amide bonds. The molecule has 0 aromatic heterocycles. The third-order valence-electron chi connectivity index (χ3n) is 3.45. The molecule has 0 fully saturated rings. The Morgan fingerprint density at radius 2 is 2.33 bits per heavy atom. The molecule has 0 aliphatic heterocycles. The van der Waals surface area contributed by atoms with Gasteiger partial charge in [-0.15, -0.1) is 0 Å². The van der Waals surface area contributed by atoms with Gasteiger partial charge in [0.2, 0.25) is 0 Å². The highest BCUT2D eigenvalue weighted by molar-refractivity contribution is 6.31. The van der Waals surface area contributed by atoms with Gasteiger partial charge in [0.15, 0.2) is 0 Å². The fourth-order valence-corrected chi connectivity index (χ4v) is 2.94. The second-order valence-corrected chi connectivity index (χ2v) is 4.58. The summed E-state index contributed by atoms with van der Waals surface area (Å²) in [5.41, 5.74) is 2.01. The summed E-state index contributed by atoms with van der Waals surface area (Å²) in [5, 5.41) is 10.2. The highest BCUT2D eigenvalue weighted by Gasteiger charge is 2.36. The summed E-state index contributed by atoms with van der Waals surface area (Å²) in [4.78, 5) is 0. The molecular formula is C13H14ClN. The van der Waals surface area contributed by atoms with E-state index in [9.17, 15) is 5.26 Å². The first-order chi connectivity index (χ1) is 7.23. The number of rotatable bonds is 1. The molecule has 0 saturated carbocycles. The summed E-state index contributed by atoms with van der Waals surface area (Å²) in [5.74, 6) is 0. The van der Waals surface area contributed by atoms with Crippen LogP contribution in [0.2, 0.25) is 5.02 Å². The van der Waals surface area contributed by atoms with Crippen LogP contribution >= 0.6 is 11.6 Å². The van der Waals surface area contributed by atoms with Gasteiger partial charge in [0.05, 0.1) is 11.5 Å². The van der Waals surface area contributed by atoms with Crippen LogP contribution in [0.4, 0.5) is 0 Å². The largest absolute Gasteiger partial charge is 0.197 e. The molecule has 0 spiro atoms. The standard InChI is InChI=1S/C13H14ClN/c1-2-13(9-15)8-4-6-10-5-3-7-11(14)12(10)13/h3,5,7H,2,4,6,8H2,1H3. The van der Waals surface area contributed by atoms with Crippen LogP contribution in [-0.2, 0) is 11.8 Å². The Hall–Kier alpha value is -1.00. The van der Waals surface area contributed by atoms with E-state index in [0.717, 1.165) is 36.3 Å². The Morgan fingerprint density at radius 3 is 3.00 bits per heavy atom. The van der Waals surface area contributed by atoms with E-state index in [1.54, 1.807) is 0 Å². The lowest BCUT2D eigenvalue weighted by molar-refractivity contribution is 0.440. The lowest BCUT2D eigenvalue weighted by Gasteiger charge is -2.33. The zero-order valence-electron chi connectivity index (χ0n) is 8.89. The molecule has 1 aromatic rings. The Labute approximate surface area is 95.7 Å². The van der Waals surface area contributed by atoms with Gasteiger partial charge in [-0.3, -0.25) is 0 Å². The molecule has 0 heterocycles. The van der Waals surface area contributed by atoms with Gasteiger partial charge in [-0.25, -0.2) is 0 Å². The Balaban J connectivity index is 2.65. The van der Waals surface area contributed by atoms with Crippen LogP contribution in [0.5, 0.6) is 0 Å². The third kappa shape index (κ3) is 1.54. The maximum absolute atomic E-state index is 9.40. The van der Waals surface area contributed by atoms with Crippen LogP contribution in [0.1, 0.15) is 37.3 Å².